The Labute approximate surface area is 119 Å². The molecule has 102 valence electrons. The number of hydrogen-bond donors (Lipinski definition) is 2. The van der Waals surface area contributed by atoms with E-state index in [4.69, 9.17) is 4.74 Å². The van der Waals surface area contributed by atoms with Gasteiger partial charge in [0.05, 0.1) is 0 Å². The zero-order valence-electron chi connectivity index (χ0n) is 10.4. The van der Waals surface area contributed by atoms with Crippen molar-refractivity contribution in [1.82, 2.24) is 5.32 Å². The lowest BCUT2D eigenvalue weighted by molar-refractivity contribution is -0.129. The van der Waals surface area contributed by atoms with Gasteiger partial charge in [0.1, 0.15) is 11.3 Å². The van der Waals surface area contributed by atoms with Gasteiger partial charge in [-0.2, -0.15) is 0 Å². The fraction of sp³-hybridized carbons (Fsp3) is 0.385. The Morgan fingerprint density at radius 1 is 1.47 bits per heavy atom. The van der Waals surface area contributed by atoms with Crippen molar-refractivity contribution in [2.45, 2.75) is 31.9 Å². The maximum absolute atomic E-state index is 11.9. The van der Waals surface area contributed by atoms with E-state index >= 15 is 0 Å². The van der Waals surface area contributed by atoms with Crippen LogP contribution in [0.3, 0.4) is 0 Å². The highest BCUT2D eigenvalue weighted by atomic mass is 79.9. The topological polar surface area (TPSA) is 75.6 Å². The van der Waals surface area contributed by atoms with Gasteiger partial charge in [0.15, 0.2) is 6.10 Å². The second-order valence-electron chi connectivity index (χ2n) is 4.49. The molecule has 19 heavy (non-hydrogen) atoms. The van der Waals surface area contributed by atoms with Crippen LogP contribution in [0.2, 0.25) is 0 Å². The van der Waals surface area contributed by atoms with Crippen molar-refractivity contribution in [1.29, 1.82) is 0 Å². The van der Waals surface area contributed by atoms with Gasteiger partial charge in [0.25, 0.3) is 5.91 Å². The number of phenols is 1. The molecule has 1 aromatic carbocycles. The third-order valence-electron chi connectivity index (χ3n) is 2.76. The van der Waals surface area contributed by atoms with Crippen LogP contribution >= 0.6 is 15.9 Å². The van der Waals surface area contributed by atoms with Crippen molar-refractivity contribution in [3.8, 4) is 5.75 Å². The lowest BCUT2D eigenvalue weighted by Gasteiger charge is -2.13. The number of aromatic hydroxyl groups is 1. The molecular formula is C13H14BrNO4. The molecule has 5 nitrogen and oxygen atoms in total. The van der Waals surface area contributed by atoms with E-state index in [1.165, 1.54) is 19.1 Å². The highest BCUT2D eigenvalue weighted by molar-refractivity contribution is 9.10. The van der Waals surface area contributed by atoms with Crippen LogP contribution in [0.15, 0.2) is 22.7 Å². The summed E-state index contributed by atoms with van der Waals surface area (Å²) >= 11 is 3.20. The third kappa shape index (κ3) is 3.70. The largest absolute Gasteiger partial charge is 0.507 e. The molecule has 6 heteroatoms. The molecule has 1 aliphatic rings. The minimum atomic E-state index is -0.883. The minimum absolute atomic E-state index is 0.0282. The Kier molecular flexibility index (Phi) is 4.09. The molecule has 2 rings (SSSR count). The van der Waals surface area contributed by atoms with Crippen molar-refractivity contribution >= 4 is 27.8 Å². The summed E-state index contributed by atoms with van der Waals surface area (Å²) in [7, 11) is 0. The molecule has 1 amide bonds. The van der Waals surface area contributed by atoms with E-state index in [9.17, 15) is 14.7 Å². The van der Waals surface area contributed by atoms with Crippen LogP contribution in [0.4, 0.5) is 0 Å². The van der Waals surface area contributed by atoms with E-state index in [0.717, 1.165) is 12.8 Å². The molecule has 1 saturated carbocycles. The van der Waals surface area contributed by atoms with Crippen LogP contribution in [-0.4, -0.2) is 29.1 Å². The number of rotatable bonds is 4. The van der Waals surface area contributed by atoms with Crippen LogP contribution in [0, 0.1) is 0 Å². The number of halogens is 1. The molecule has 1 aliphatic carbocycles. The molecule has 1 atom stereocenters. The van der Waals surface area contributed by atoms with E-state index in [0.29, 0.717) is 4.47 Å². The van der Waals surface area contributed by atoms with E-state index in [1.54, 1.807) is 6.07 Å². The Hall–Kier alpha value is -1.56. The quantitative estimate of drug-likeness (QED) is 0.829. The summed E-state index contributed by atoms with van der Waals surface area (Å²) in [6.07, 6.45) is 1.06. The number of carbonyl (C=O) groups is 2. The first-order chi connectivity index (χ1) is 8.97. The summed E-state index contributed by atoms with van der Waals surface area (Å²) in [6.45, 7) is 1.50. The number of benzene rings is 1. The second-order valence-corrected chi connectivity index (χ2v) is 5.41. The number of amides is 1. The molecule has 1 aromatic rings. The van der Waals surface area contributed by atoms with Crippen molar-refractivity contribution in [2.75, 3.05) is 0 Å². The molecule has 0 bridgehead atoms. The third-order valence-corrected chi connectivity index (χ3v) is 3.25. The summed E-state index contributed by atoms with van der Waals surface area (Å²) in [6, 6.07) is 4.65. The Morgan fingerprint density at radius 2 is 2.16 bits per heavy atom. The average molecular weight is 328 g/mol. The normalized spacial score (nSPS) is 15.7. The molecule has 2 N–H and O–H groups in total. The van der Waals surface area contributed by atoms with Crippen LogP contribution in [0.25, 0.3) is 0 Å². The van der Waals surface area contributed by atoms with E-state index in [1.807, 2.05) is 0 Å². The standard InChI is InChI=1S/C13H14BrNO4/c1-7(12(17)15-9-3-4-9)19-13(18)10-6-8(14)2-5-11(10)16/h2,5-7,9,16H,3-4H2,1H3,(H,15,17)/t7-/m1/s1. The number of hydrogen-bond acceptors (Lipinski definition) is 4. The van der Waals surface area contributed by atoms with E-state index in [-0.39, 0.29) is 23.3 Å². The summed E-state index contributed by atoms with van der Waals surface area (Å²) in [5.74, 6) is -1.22. The number of ether oxygens (including phenoxy) is 1. The van der Waals surface area contributed by atoms with Gasteiger partial charge in [-0.3, -0.25) is 4.79 Å². The number of nitrogens with one attached hydrogen (secondary N) is 1. The molecule has 0 unspecified atom stereocenters. The summed E-state index contributed by atoms with van der Waals surface area (Å²) in [4.78, 5) is 23.5. The predicted molar refractivity (Wildman–Crippen MR) is 71.8 cm³/mol. The zero-order chi connectivity index (χ0) is 14.0. The van der Waals surface area contributed by atoms with Gasteiger partial charge in [-0.1, -0.05) is 15.9 Å². The SMILES string of the molecule is C[C@@H](OC(=O)c1cc(Br)ccc1O)C(=O)NC1CC1. The summed E-state index contributed by atoms with van der Waals surface area (Å²) < 4.78 is 5.68. The van der Waals surface area contributed by atoms with Crippen molar-refractivity contribution in [2.24, 2.45) is 0 Å². The molecular weight excluding hydrogens is 314 g/mol. The molecule has 0 radical (unpaired) electrons. The van der Waals surface area contributed by atoms with Crippen molar-refractivity contribution in [3.05, 3.63) is 28.2 Å². The molecule has 0 aromatic heterocycles. The fourth-order valence-corrected chi connectivity index (χ4v) is 1.86. The molecule has 0 saturated heterocycles. The van der Waals surface area contributed by atoms with Gasteiger partial charge < -0.3 is 15.2 Å². The van der Waals surface area contributed by atoms with Crippen molar-refractivity contribution in [3.63, 3.8) is 0 Å². The highest BCUT2D eigenvalue weighted by Gasteiger charge is 2.27. The summed E-state index contributed by atoms with van der Waals surface area (Å²) in [5.41, 5.74) is 0.0282. The molecule has 1 fully saturated rings. The number of phenolic OH excluding ortho intramolecular Hbond substituents is 1. The number of carbonyl (C=O) groups excluding carboxylic acids is 2. The first-order valence-electron chi connectivity index (χ1n) is 5.97. The Morgan fingerprint density at radius 3 is 2.79 bits per heavy atom. The Balaban J connectivity index is 1.99. The Bertz CT molecular complexity index is 513. The van der Waals surface area contributed by atoms with Crippen LogP contribution < -0.4 is 5.32 Å². The lowest BCUT2D eigenvalue weighted by Crippen LogP contribution is -2.37. The summed E-state index contributed by atoms with van der Waals surface area (Å²) in [5, 5.41) is 12.3. The van der Waals surface area contributed by atoms with Crippen LogP contribution in [0.1, 0.15) is 30.1 Å². The van der Waals surface area contributed by atoms with Gasteiger partial charge in [0, 0.05) is 10.5 Å². The lowest BCUT2D eigenvalue weighted by atomic mass is 10.2. The van der Waals surface area contributed by atoms with Gasteiger partial charge in [-0.15, -0.1) is 0 Å². The minimum Gasteiger partial charge on any atom is -0.507 e. The van der Waals surface area contributed by atoms with Crippen molar-refractivity contribution < 1.29 is 19.4 Å². The smallest absolute Gasteiger partial charge is 0.342 e. The zero-order valence-corrected chi connectivity index (χ0v) is 11.9. The molecule has 0 spiro atoms. The fourth-order valence-electron chi connectivity index (χ4n) is 1.50. The molecule has 0 heterocycles. The van der Waals surface area contributed by atoms with Gasteiger partial charge in [-0.25, -0.2) is 4.79 Å². The monoisotopic (exact) mass is 327 g/mol. The van der Waals surface area contributed by atoms with E-state index in [2.05, 4.69) is 21.2 Å². The van der Waals surface area contributed by atoms with Gasteiger partial charge in [0.2, 0.25) is 0 Å². The van der Waals surface area contributed by atoms with E-state index < -0.39 is 12.1 Å². The van der Waals surface area contributed by atoms with Gasteiger partial charge >= 0.3 is 5.97 Å². The predicted octanol–water partition coefficient (Wildman–Crippen LogP) is 1.98. The highest BCUT2D eigenvalue weighted by Crippen LogP contribution is 2.23. The maximum Gasteiger partial charge on any atom is 0.342 e. The average Bonchev–Trinajstić information content (AvgIpc) is 3.15. The van der Waals surface area contributed by atoms with Crippen LogP contribution in [0.5, 0.6) is 5.75 Å². The van der Waals surface area contributed by atoms with Crippen LogP contribution in [-0.2, 0) is 9.53 Å². The maximum atomic E-state index is 11.9. The van der Waals surface area contributed by atoms with Gasteiger partial charge in [-0.05, 0) is 38.0 Å². The second kappa shape index (κ2) is 5.61. The first-order valence-corrected chi connectivity index (χ1v) is 6.76. The first kappa shape index (κ1) is 13.9. The molecule has 0 aliphatic heterocycles. The number of esters is 1.